The van der Waals surface area contributed by atoms with E-state index in [1.165, 1.54) is 49.1 Å². The number of halogens is 5. The molecule has 0 saturated carbocycles. The molecule has 46 heavy (non-hydrogen) atoms. The van der Waals surface area contributed by atoms with E-state index in [0.717, 1.165) is 17.7 Å². The summed E-state index contributed by atoms with van der Waals surface area (Å²) in [6.45, 7) is 2.56. The van der Waals surface area contributed by atoms with Crippen LogP contribution < -0.4 is 9.47 Å². The molecule has 0 unspecified atom stereocenters. The lowest BCUT2D eigenvalue weighted by Crippen LogP contribution is -2.11. The van der Waals surface area contributed by atoms with Crippen molar-refractivity contribution in [1.82, 2.24) is 24.7 Å². The number of pyridine rings is 3. The van der Waals surface area contributed by atoms with E-state index in [1.807, 2.05) is 30.3 Å². The molecule has 0 aliphatic heterocycles. The number of aromatic nitrogens is 5. The van der Waals surface area contributed by atoms with Gasteiger partial charge in [0.15, 0.2) is 23.7 Å². The Morgan fingerprint density at radius 3 is 2.43 bits per heavy atom. The van der Waals surface area contributed by atoms with Gasteiger partial charge in [-0.25, -0.2) is 28.4 Å². The van der Waals surface area contributed by atoms with Crippen LogP contribution in [0.2, 0.25) is 0 Å². The van der Waals surface area contributed by atoms with E-state index >= 15 is 0 Å². The lowest BCUT2D eigenvalue weighted by Gasteiger charge is -2.19. The third kappa shape index (κ3) is 5.62. The third-order valence-electron chi connectivity index (χ3n) is 7.26. The van der Waals surface area contributed by atoms with Gasteiger partial charge in [0.25, 0.3) is 0 Å². The standard InChI is InChI=1S/C33H22F5N5O3/c1-18-22(33(36,37)38)15-40-32(46-26-9-8-23(34)30(35)19(26)2)28(18)25-14-27(45-17-20-6-4-3-5-7-20)29-24(42-25)11-12-39-31(29)43-21(16-44)10-13-41-43/h3-16H,17H2,1-2H3. The zero-order valence-corrected chi connectivity index (χ0v) is 24.1. The van der Waals surface area contributed by atoms with E-state index in [2.05, 4.69) is 20.1 Å². The summed E-state index contributed by atoms with van der Waals surface area (Å²) in [4.78, 5) is 24.8. The molecule has 0 radical (unpaired) electrons. The Morgan fingerprint density at radius 2 is 1.70 bits per heavy atom. The largest absolute Gasteiger partial charge is 0.488 e. The van der Waals surface area contributed by atoms with Crippen molar-refractivity contribution in [2.45, 2.75) is 26.6 Å². The summed E-state index contributed by atoms with van der Waals surface area (Å²) < 4.78 is 84.0. The maximum absolute atomic E-state index is 14.4. The fraction of sp³-hybridized carbons (Fsp3) is 0.121. The number of hydrogen-bond acceptors (Lipinski definition) is 7. The number of carbonyl (C=O) groups excluding carboxylic acids is 1. The van der Waals surface area contributed by atoms with Crippen LogP contribution in [0.5, 0.6) is 17.4 Å². The molecule has 4 heterocycles. The summed E-state index contributed by atoms with van der Waals surface area (Å²) in [5, 5.41) is 4.53. The highest BCUT2D eigenvalue weighted by Crippen LogP contribution is 2.43. The second kappa shape index (κ2) is 12.0. The summed E-state index contributed by atoms with van der Waals surface area (Å²) in [5.41, 5.74) is -0.479. The molecule has 0 atom stereocenters. The molecule has 0 aliphatic carbocycles. The lowest BCUT2D eigenvalue weighted by atomic mass is 10.0. The molecule has 0 N–H and O–H groups in total. The molecule has 4 aromatic heterocycles. The first-order valence-corrected chi connectivity index (χ1v) is 13.7. The number of rotatable bonds is 8. The van der Waals surface area contributed by atoms with Crippen LogP contribution in [0.4, 0.5) is 22.0 Å². The number of carbonyl (C=O) groups is 1. The Hall–Kier alpha value is -5.72. The second-order valence-electron chi connectivity index (χ2n) is 10.2. The van der Waals surface area contributed by atoms with Gasteiger partial charge in [0.1, 0.15) is 23.8 Å². The van der Waals surface area contributed by atoms with E-state index in [4.69, 9.17) is 9.47 Å². The van der Waals surface area contributed by atoms with Crippen LogP contribution in [0.1, 0.15) is 32.7 Å². The van der Waals surface area contributed by atoms with Crippen LogP contribution in [-0.4, -0.2) is 31.0 Å². The number of fused-ring (bicyclic) bond motifs is 1. The Labute approximate surface area is 258 Å². The van der Waals surface area contributed by atoms with Gasteiger partial charge in [0.05, 0.1) is 33.9 Å². The quantitative estimate of drug-likeness (QED) is 0.124. The van der Waals surface area contributed by atoms with Crippen molar-refractivity contribution in [3.8, 4) is 34.5 Å². The molecule has 232 valence electrons. The summed E-state index contributed by atoms with van der Waals surface area (Å²) >= 11 is 0. The lowest BCUT2D eigenvalue weighted by molar-refractivity contribution is -0.138. The zero-order chi connectivity index (χ0) is 32.6. The Balaban J connectivity index is 1.60. The highest BCUT2D eigenvalue weighted by molar-refractivity contribution is 5.94. The first kappa shape index (κ1) is 30.3. The zero-order valence-electron chi connectivity index (χ0n) is 24.1. The predicted octanol–water partition coefficient (Wildman–Crippen LogP) is 7.98. The number of ether oxygens (including phenoxy) is 2. The van der Waals surface area contributed by atoms with Crippen molar-refractivity contribution < 1.29 is 36.2 Å². The minimum Gasteiger partial charge on any atom is -0.488 e. The highest BCUT2D eigenvalue weighted by Gasteiger charge is 2.35. The first-order chi connectivity index (χ1) is 22.1. The Morgan fingerprint density at radius 1 is 0.913 bits per heavy atom. The van der Waals surface area contributed by atoms with Crippen molar-refractivity contribution in [2.24, 2.45) is 0 Å². The van der Waals surface area contributed by atoms with Gasteiger partial charge in [-0.1, -0.05) is 30.3 Å². The van der Waals surface area contributed by atoms with Crippen LogP contribution in [0.25, 0.3) is 28.0 Å². The van der Waals surface area contributed by atoms with Crippen molar-refractivity contribution in [3.05, 3.63) is 119 Å². The highest BCUT2D eigenvalue weighted by atomic mass is 19.4. The molecule has 0 amide bonds. The van der Waals surface area contributed by atoms with E-state index < -0.39 is 23.4 Å². The molecule has 6 rings (SSSR count). The van der Waals surface area contributed by atoms with E-state index in [0.29, 0.717) is 17.9 Å². The van der Waals surface area contributed by atoms with E-state index in [9.17, 15) is 26.7 Å². The molecular formula is C33H22F5N5O3. The second-order valence-corrected chi connectivity index (χ2v) is 10.2. The average Bonchev–Trinajstić information content (AvgIpc) is 3.52. The minimum atomic E-state index is -4.78. The van der Waals surface area contributed by atoms with Crippen LogP contribution in [0.15, 0.2) is 79.3 Å². The van der Waals surface area contributed by atoms with Crippen LogP contribution >= 0.6 is 0 Å². The van der Waals surface area contributed by atoms with Gasteiger partial charge in [-0.2, -0.15) is 18.3 Å². The van der Waals surface area contributed by atoms with Crippen LogP contribution in [0, 0.1) is 25.5 Å². The fourth-order valence-corrected chi connectivity index (χ4v) is 4.94. The maximum Gasteiger partial charge on any atom is 0.418 e. The average molecular weight is 632 g/mol. The molecule has 13 heteroatoms. The number of nitrogens with zero attached hydrogens (tertiary/aromatic N) is 5. The predicted molar refractivity (Wildman–Crippen MR) is 157 cm³/mol. The smallest absolute Gasteiger partial charge is 0.418 e. The van der Waals surface area contributed by atoms with Crippen molar-refractivity contribution in [2.75, 3.05) is 0 Å². The van der Waals surface area contributed by atoms with Gasteiger partial charge in [-0.3, -0.25) is 4.79 Å². The molecule has 2 aromatic carbocycles. The van der Waals surface area contributed by atoms with Crippen molar-refractivity contribution >= 4 is 17.2 Å². The van der Waals surface area contributed by atoms with E-state index in [-0.39, 0.29) is 63.4 Å². The molecule has 0 spiro atoms. The summed E-state index contributed by atoms with van der Waals surface area (Å²) in [6.07, 6.45) is -0.753. The molecule has 6 aromatic rings. The fourth-order valence-electron chi connectivity index (χ4n) is 4.94. The summed E-state index contributed by atoms with van der Waals surface area (Å²) in [5.74, 6) is -2.41. The van der Waals surface area contributed by atoms with Gasteiger partial charge in [-0.15, -0.1) is 0 Å². The number of alkyl halides is 3. The van der Waals surface area contributed by atoms with E-state index in [1.54, 1.807) is 0 Å². The van der Waals surface area contributed by atoms with Crippen LogP contribution in [-0.2, 0) is 12.8 Å². The molecule has 8 nitrogen and oxygen atoms in total. The van der Waals surface area contributed by atoms with Crippen LogP contribution in [0.3, 0.4) is 0 Å². The normalized spacial score (nSPS) is 11.5. The number of aldehydes is 1. The van der Waals surface area contributed by atoms with Gasteiger partial charge in [-0.05, 0) is 49.2 Å². The Kier molecular flexibility index (Phi) is 7.90. The molecular weight excluding hydrogens is 609 g/mol. The number of benzene rings is 2. The molecule has 0 aliphatic rings. The first-order valence-electron chi connectivity index (χ1n) is 13.7. The minimum absolute atomic E-state index is 0.0184. The molecule has 0 bridgehead atoms. The van der Waals surface area contributed by atoms with Crippen molar-refractivity contribution in [3.63, 3.8) is 0 Å². The summed E-state index contributed by atoms with van der Waals surface area (Å²) in [7, 11) is 0. The van der Waals surface area contributed by atoms with Gasteiger partial charge >= 0.3 is 6.18 Å². The molecule has 0 fully saturated rings. The number of hydrogen-bond donors (Lipinski definition) is 0. The monoisotopic (exact) mass is 631 g/mol. The molecule has 0 saturated heterocycles. The SMILES string of the molecule is Cc1c(Oc2ncc(C(F)(F)F)c(C)c2-c2cc(OCc3ccccc3)c3c(-n4nccc4C=O)nccc3n2)ccc(F)c1F. The topological polar surface area (TPSA) is 92.0 Å². The van der Waals surface area contributed by atoms with Gasteiger partial charge < -0.3 is 9.47 Å². The van der Waals surface area contributed by atoms with Gasteiger partial charge in [0.2, 0.25) is 5.88 Å². The third-order valence-corrected chi connectivity index (χ3v) is 7.26. The Bertz CT molecular complexity index is 2100. The van der Waals surface area contributed by atoms with Gasteiger partial charge in [0, 0.05) is 24.0 Å². The van der Waals surface area contributed by atoms with Crippen molar-refractivity contribution in [1.29, 1.82) is 0 Å². The summed E-state index contributed by atoms with van der Waals surface area (Å²) in [6, 6.07) is 15.6. The maximum atomic E-state index is 14.4.